The van der Waals surface area contributed by atoms with Crippen LogP contribution in [0.1, 0.15) is 35.6 Å². The number of ether oxygens (including phenoxy) is 8. The maximum atomic E-state index is 12.5. The van der Waals surface area contributed by atoms with Crippen LogP contribution in [0, 0.1) is 0 Å². The average Bonchev–Trinajstić information content (AvgIpc) is 3.25. The number of phenols is 4. The molecule has 11 atom stereocenters. The van der Waals surface area contributed by atoms with Crippen molar-refractivity contribution in [2.45, 2.75) is 80.4 Å². The Kier molecular flexibility index (Phi) is 15.2. The van der Waals surface area contributed by atoms with Gasteiger partial charge in [-0.1, -0.05) is 12.1 Å². The van der Waals surface area contributed by atoms with Crippen LogP contribution in [0.25, 0.3) is 12.2 Å². The Bertz CT molecular complexity index is 2340. The number of carboxylic acids is 2. The molecule has 2 saturated heterocycles. The van der Waals surface area contributed by atoms with Crippen molar-refractivity contribution in [3.8, 4) is 34.5 Å². The molecule has 24 nitrogen and oxygen atoms in total. The number of carbonyl (C=O) groups excluding carboxylic acids is 3. The number of carboxylic acid groups (broad SMARTS) is 2. The molecule has 3 aromatic rings. The molecule has 11 unspecified atom stereocenters. The Morgan fingerprint density at radius 3 is 1.97 bits per heavy atom. The fourth-order valence-electron chi connectivity index (χ4n) is 6.74. The van der Waals surface area contributed by atoms with Gasteiger partial charge in [-0.3, -0.25) is 19.2 Å². The lowest BCUT2D eigenvalue weighted by atomic mass is 9.98. The lowest BCUT2D eigenvalue weighted by Gasteiger charge is -2.41. The van der Waals surface area contributed by atoms with E-state index in [-0.39, 0.29) is 34.1 Å². The second-order valence-corrected chi connectivity index (χ2v) is 14.8. The molecule has 24 heteroatoms. The zero-order valence-electron chi connectivity index (χ0n) is 33.9. The van der Waals surface area contributed by atoms with Crippen LogP contribution in [-0.2, 0) is 52.4 Å². The normalized spacial score (nSPS) is 27.0. The van der Waals surface area contributed by atoms with E-state index in [9.17, 15) is 69.9 Å². The van der Waals surface area contributed by atoms with Crippen LogP contribution in [0.5, 0.6) is 34.5 Å². The third-order valence-corrected chi connectivity index (χ3v) is 10.0. The highest BCUT2D eigenvalue weighted by atomic mass is 16.7. The van der Waals surface area contributed by atoms with Crippen LogP contribution >= 0.6 is 0 Å². The molecule has 6 rings (SSSR count). The number of aliphatic hydroxyl groups excluding tert-OH is 5. The van der Waals surface area contributed by atoms with Crippen molar-refractivity contribution in [3.05, 3.63) is 83.1 Å². The lowest BCUT2D eigenvalue weighted by molar-refractivity contribution is -0.296. The van der Waals surface area contributed by atoms with E-state index in [2.05, 4.69) is 4.74 Å². The number of hydrogen-bond donors (Lipinski definition) is 11. The number of fused-ring (bicyclic) bond motifs is 1. The number of carbonyl (C=O) groups is 5. The van der Waals surface area contributed by atoms with E-state index in [1.807, 2.05) is 0 Å². The van der Waals surface area contributed by atoms with Crippen molar-refractivity contribution in [3.63, 3.8) is 0 Å². The molecule has 0 amide bonds. The van der Waals surface area contributed by atoms with Crippen LogP contribution in [0.4, 0.5) is 0 Å². The number of benzene rings is 3. The van der Waals surface area contributed by atoms with Crippen LogP contribution in [0.3, 0.4) is 0 Å². The first-order valence-electron chi connectivity index (χ1n) is 19.6. The van der Waals surface area contributed by atoms with Gasteiger partial charge in [-0.2, -0.15) is 0 Å². The summed E-state index contributed by atoms with van der Waals surface area (Å²) in [6.45, 7) is -1.59. The Balaban J connectivity index is 1.29. The zero-order valence-corrected chi connectivity index (χ0v) is 33.9. The van der Waals surface area contributed by atoms with E-state index in [0.717, 1.165) is 30.3 Å². The molecule has 3 aliphatic heterocycles. The number of aromatic hydroxyl groups is 5. The molecular formula is C42H43O24+. The molecule has 66 heavy (non-hydrogen) atoms. The summed E-state index contributed by atoms with van der Waals surface area (Å²) < 4.78 is 43.2. The summed E-state index contributed by atoms with van der Waals surface area (Å²) in [5.41, 5.74) is 0.581. The lowest BCUT2D eigenvalue weighted by Crippen LogP contribution is -2.61. The molecular weight excluding hydrogens is 888 g/mol. The van der Waals surface area contributed by atoms with Gasteiger partial charge in [0.05, 0.1) is 11.6 Å². The number of aliphatic carboxylic acids is 2. The Labute approximate surface area is 370 Å². The molecule has 3 aliphatic rings. The van der Waals surface area contributed by atoms with Crippen molar-refractivity contribution in [2.75, 3.05) is 13.2 Å². The number of esters is 3. The molecule has 0 aromatic heterocycles. The predicted octanol–water partition coefficient (Wildman–Crippen LogP) is -0.843. The highest BCUT2D eigenvalue weighted by Gasteiger charge is 2.50. The second kappa shape index (κ2) is 20.8. The van der Waals surface area contributed by atoms with Gasteiger partial charge in [0.25, 0.3) is 11.9 Å². The first-order chi connectivity index (χ1) is 31.3. The quantitative estimate of drug-likeness (QED) is 0.0208. The van der Waals surface area contributed by atoms with Crippen molar-refractivity contribution in [1.29, 1.82) is 0 Å². The Morgan fingerprint density at radius 2 is 1.29 bits per heavy atom. The molecule has 12 N–H and O–H groups in total. The fraction of sp³-hybridized carbons (Fsp3) is 0.357. The van der Waals surface area contributed by atoms with Crippen LogP contribution in [0.2, 0.25) is 0 Å². The van der Waals surface area contributed by atoms with Gasteiger partial charge in [-0.05, 0) is 42.0 Å². The van der Waals surface area contributed by atoms with Gasteiger partial charge in [-0.25, -0.2) is 4.79 Å². The maximum Gasteiger partial charge on any atom is 0.330 e. The minimum Gasteiger partial charge on any atom is -0.571 e. The minimum absolute atomic E-state index is 0.0000500. The van der Waals surface area contributed by atoms with E-state index >= 15 is 0 Å². The van der Waals surface area contributed by atoms with E-state index in [4.69, 9.17) is 43.4 Å². The summed E-state index contributed by atoms with van der Waals surface area (Å²) in [4.78, 5) is 59.1. The van der Waals surface area contributed by atoms with Gasteiger partial charge in [-0.15, -0.1) is 0 Å². The van der Waals surface area contributed by atoms with Gasteiger partial charge >= 0.3 is 29.8 Å². The van der Waals surface area contributed by atoms with Crippen molar-refractivity contribution in [1.82, 2.24) is 0 Å². The highest BCUT2D eigenvalue weighted by molar-refractivity contribution is 5.90. The number of rotatable bonds is 16. The SMILES string of the molecule is O=C(O)CC(=O)OCC1OC(Oc2cc(O)cc3c2C=C(OC2OC(COC(=O)C=Cc4ccc(O)cc4)C(O)C(O)C2O)C(c2ccc(O)c(O)c2)[OH+]3)C(O)C(O)C1OC(=O)CC(=O)O. The molecule has 3 aromatic carbocycles. The first-order valence-corrected chi connectivity index (χ1v) is 19.6. The van der Waals surface area contributed by atoms with E-state index < -0.39 is 141 Å². The van der Waals surface area contributed by atoms with Gasteiger partial charge in [0.15, 0.2) is 23.4 Å². The molecule has 0 saturated carbocycles. The summed E-state index contributed by atoms with van der Waals surface area (Å²) in [5.74, 6) is -9.13. The summed E-state index contributed by atoms with van der Waals surface area (Å²) in [5, 5.41) is 114. The highest BCUT2D eigenvalue weighted by Crippen LogP contribution is 2.47. The third-order valence-electron chi connectivity index (χ3n) is 10.0. The van der Waals surface area contributed by atoms with Gasteiger partial charge in [0, 0.05) is 18.2 Å². The zero-order chi connectivity index (χ0) is 48.0. The van der Waals surface area contributed by atoms with Crippen molar-refractivity contribution >= 4 is 42.0 Å². The first kappa shape index (κ1) is 48.3. The monoisotopic (exact) mass is 931 g/mol. The molecule has 0 radical (unpaired) electrons. The summed E-state index contributed by atoms with van der Waals surface area (Å²) >= 11 is 0. The largest absolute Gasteiger partial charge is 0.571 e. The fourth-order valence-corrected chi connectivity index (χ4v) is 6.74. The van der Waals surface area contributed by atoms with Crippen LogP contribution < -0.4 is 4.74 Å². The van der Waals surface area contributed by atoms with Crippen LogP contribution in [-0.4, -0.2) is 165 Å². The maximum absolute atomic E-state index is 12.5. The smallest absolute Gasteiger partial charge is 0.330 e. The molecule has 0 aliphatic carbocycles. The summed E-state index contributed by atoms with van der Waals surface area (Å²) in [7, 11) is 0. The molecule has 0 spiro atoms. The molecule has 354 valence electrons. The number of aliphatic hydroxyl groups is 6. The van der Waals surface area contributed by atoms with Gasteiger partial charge < -0.3 is 94.1 Å². The topological polar surface area (TPSA) is 385 Å². The van der Waals surface area contributed by atoms with Crippen molar-refractivity contribution in [2.24, 2.45) is 0 Å². The van der Waals surface area contributed by atoms with Gasteiger partial charge in [0.2, 0.25) is 12.6 Å². The molecule has 0 bridgehead atoms. The van der Waals surface area contributed by atoms with E-state index in [1.165, 1.54) is 42.5 Å². The molecule has 3 heterocycles. The Morgan fingerprint density at radius 1 is 0.652 bits per heavy atom. The molecule has 2 fully saturated rings. The minimum atomic E-state index is -2.14. The Hall–Kier alpha value is -7.19. The van der Waals surface area contributed by atoms with Gasteiger partial charge in [0.1, 0.15) is 91.6 Å². The summed E-state index contributed by atoms with van der Waals surface area (Å²) in [6.07, 6.45) is -19.0. The average molecular weight is 932 g/mol. The second-order valence-electron chi connectivity index (χ2n) is 14.8. The number of phenolic OH excluding ortho intramolecular Hbond substituents is 4. The van der Waals surface area contributed by atoms with E-state index in [1.54, 1.807) is 0 Å². The van der Waals surface area contributed by atoms with E-state index in [0.29, 0.717) is 5.56 Å². The standard InChI is InChI=1S/C42H42O24/c43-19-5-1-17(2-6-19)3-8-31(51)59-15-27-34(54)35(55)37(57)41(64-27)63-26-12-21-24(61-39(26)18-4-7-22(45)23(46)9-18)10-20(44)11-25(21)62-42-38(58)36(56)40(66-33(53)14-30(49)50)28(65-42)16-60-32(52)13-29(47)48/h1-12,27-28,34-46,54-58H,13-16H2,(H,47,48)(H,49,50)/p+1. The summed E-state index contributed by atoms with van der Waals surface area (Å²) in [6, 6.07) is 11.5. The van der Waals surface area contributed by atoms with Crippen molar-refractivity contribution < 1.29 is 118 Å². The predicted molar refractivity (Wildman–Crippen MR) is 213 cm³/mol. The van der Waals surface area contributed by atoms with Crippen LogP contribution in [0.15, 0.2) is 66.4 Å². The third kappa shape index (κ3) is 11.7. The number of hydrogen-bond acceptors (Lipinski definition) is 21.